The second-order valence-corrected chi connectivity index (χ2v) is 5.72. The van der Waals surface area contributed by atoms with Gasteiger partial charge in [-0.3, -0.25) is 4.98 Å². The van der Waals surface area contributed by atoms with Crippen molar-refractivity contribution in [2.45, 2.75) is 25.8 Å². The molecule has 0 bridgehead atoms. The molecule has 0 aliphatic carbocycles. The van der Waals surface area contributed by atoms with E-state index in [4.69, 9.17) is 4.74 Å². The number of ether oxygens (including phenoxy) is 1. The number of hydrogen-bond donors (Lipinski definition) is 0. The fourth-order valence-electron chi connectivity index (χ4n) is 3.12. The maximum atomic E-state index is 5.45. The first-order valence-electron chi connectivity index (χ1n) is 7.65. The van der Waals surface area contributed by atoms with Gasteiger partial charge in [0.25, 0.3) is 0 Å². The maximum Gasteiger partial charge on any atom is 0.158 e. The first-order valence-corrected chi connectivity index (χ1v) is 7.65. The molecule has 5 nitrogen and oxygen atoms in total. The van der Waals surface area contributed by atoms with Crippen LogP contribution in [-0.4, -0.2) is 33.0 Å². The molecule has 3 aromatic heterocycles. The lowest BCUT2D eigenvalue weighted by atomic mass is 10.0. The summed E-state index contributed by atoms with van der Waals surface area (Å²) in [6.45, 7) is 3.70. The Labute approximate surface area is 129 Å². The molecule has 1 saturated heterocycles. The van der Waals surface area contributed by atoms with E-state index in [0.29, 0.717) is 6.04 Å². The Balaban J connectivity index is 1.85. The molecule has 1 fully saturated rings. The predicted molar refractivity (Wildman–Crippen MR) is 84.6 cm³/mol. The highest BCUT2D eigenvalue weighted by Gasteiger charge is 2.20. The summed E-state index contributed by atoms with van der Waals surface area (Å²) < 4.78 is 7.51. The molecule has 1 aliphatic rings. The van der Waals surface area contributed by atoms with Crippen molar-refractivity contribution in [3.05, 3.63) is 42.5 Å². The van der Waals surface area contributed by atoms with E-state index < -0.39 is 0 Å². The molecule has 0 spiro atoms. The normalized spacial score (nSPS) is 16.2. The minimum atomic E-state index is 0.379. The van der Waals surface area contributed by atoms with Gasteiger partial charge in [-0.15, -0.1) is 0 Å². The van der Waals surface area contributed by atoms with Crippen molar-refractivity contribution in [1.82, 2.24) is 19.7 Å². The van der Waals surface area contributed by atoms with Crippen molar-refractivity contribution < 1.29 is 4.74 Å². The van der Waals surface area contributed by atoms with Crippen molar-refractivity contribution in [1.29, 1.82) is 0 Å². The van der Waals surface area contributed by atoms with Crippen molar-refractivity contribution in [2.24, 2.45) is 0 Å². The molecule has 22 heavy (non-hydrogen) atoms. The summed E-state index contributed by atoms with van der Waals surface area (Å²) in [5, 5.41) is 5.70. The van der Waals surface area contributed by atoms with Gasteiger partial charge in [0.2, 0.25) is 0 Å². The van der Waals surface area contributed by atoms with E-state index in [0.717, 1.165) is 48.2 Å². The van der Waals surface area contributed by atoms with Crippen molar-refractivity contribution >= 4 is 11.0 Å². The van der Waals surface area contributed by atoms with Crippen molar-refractivity contribution in [3.8, 4) is 11.1 Å². The van der Waals surface area contributed by atoms with Crippen LogP contribution in [-0.2, 0) is 4.74 Å². The lowest BCUT2D eigenvalue weighted by Crippen LogP contribution is -2.20. The Kier molecular flexibility index (Phi) is 3.35. The number of nitrogens with zero attached hydrogens (tertiary/aromatic N) is 4. The van der Waals surface area contributed by atoms with Gasteiger partial charge in [-0.2, -0.15) is 5.10 Å². The second kappa shape index (κ2) is 5.50. The first kappa shape index (κ1) is 13.4. The van der Waals surface area contributed by atoms with Crippen LogP contribution in [0.4, 0.5) is 0 Å². The second-order valence-electron chi connectivity index (χ2n) is 5.72. The molecular formula is C17H18N4O. The molecule has 0 saturated carbocycles. The standard InChI is InChI=1S/C17H18N4O/c1-12-2-6-18-10-15(12)14-3-7-19-17-16(14)11-20-21(17)13-4-8-22-9-5-13/h2-3,6-7,10-11,13H,4-5,8-9H2,1H3. The highest BCUT2D eigenvalue weighted by atomic mass is 16.5. The third kappa shape index (κ3) is 2.18. The lowest BCUT2D eigenvalue weighted by Gasteiger charge is -2.22. The number of hydrogen-bond acceptors (Lipinski definition) is 4. The van der Waals surface area contributed by atoms with Crippen LogP contribution < -0.4 is 0 Å². The van der Waals surface area contributed by atoms with Gasteiger partial charge in [0.05, 0.1) is 12.2 Å². The smallest absolute Gasteiger partial charge is 0.158 e. The van der Waals surface area contributed by atoms with Crippen molar-refractivity contribution in [3.63, 3.8) is 0 Å². The van der Waals surface area contributed by atoms with E-state index in [2.05, 4.69) is 26.7 Å². The van der Waals surface area contributed by atoms with E-state index in [9.17, 15) is 0 Å². The van der Waals surface area contributed by atoms with Gasteiger partial charge in [0, 0.05) is 42.8 Å². The summed E-state index contributed by atoms with van der Waals surface area (Å²) in [4.78, 5) is 8.83. The summed E-state index contributed by atoms with van der Waals surface area (Å²) in [5.74, 6) is 0. The lowest BCUT2D eigenvalue weighted by molar-refractivity contribution is 0.0673. The summed E-state index contributed by atoms with van der Waals surface area (Å²) in [6.07, 6.45) is 9.52. The van der Waals surface area contributed by atoms with Crippen LogP contribution in [0.3, 0.4) is 0 Å². The Morgan fingerprint density at radius 2 is 1.95 bits per heavy atom. The highest BCUT2D eigenvalue weighted by molar-refractivity contribution is 5.93. The zero-order chi connectivity index (χ0) is 14.9. The zero-order valence-electron chi connectivity index (χ0n) is 12.6. The summed E-state index contributed by atoms with van der Waals surface area (Å²) >= 11 is 0. The van der Waals surface area contributed by atoms with Gasteiger partial charge >= 0.3 is 0 Å². The van der Waals surface area contributed by atoms with Crippen LogP contribution in [0, 0.1) is 6.92 Å². The molecule has 0 unspecified atom stereocenters. The summed E-state index contributed by atoms with van der Waals surface area (Å²) in [6, 6.07) is 4.45. The highest BCUT2D eigenvalue weighted by Crippen LogP contribution is 2.31. The molecule has 3 aromatic rings. The van der Waals surface area contributed by atoms with Gasteiger partial charge in [-0.1, -0.05) is 0 Å². The molecule has 1 aliphatic heterocycles. The average molecular weight is 294 g/mol. The number of aromatic nitrogens is 4. The van der Waals surface area contributed by atoms with Crippen LogP contribution in [0.15, 0.2) is 36.9 Å². The number of fused-ring (bicyclic) bond motifs is 1. The van der Waals surface area contributed by atoms with Crippen molar-refractivity contribution in [2.75, 3.05) is 13.2 Å². The molecule has 0 aromatic carbocycles. The number of rotatable bonds is 2. The molecule has 4 rings (SSSR count). The molecule has 0 amide bonds. The molecule has 0 radical (unpaired) electrons. The first-order chi connectivity index (χ1) is 10.8. The Morgan fingerprint density at radius 3 is 2.77 bits per heavy atom. The molecule has 0 atom stereocenters. The molecule has 4 heterocycles. The minimum Gasteiger partial charge on any atom is -0.381 e. The monoisotopic (exact) mass is 294 g/mol. The van der Waals surface area contributed by atoms with E-state index >= 15 is 0 Å². The SMILES string of the molecule is Cc1ccncc1-c1ccnc2c1cnn2C1CCOCC1. The molecule has 112 valence electrons. The van der Waals surface area contributed by atoms with E-state index in [1.807, 2.05) is 36.9 Å². The van der Waals surface area contributed by atoms with E-state index in [-0.39, 0.29) is 0 Å². The fourth-order valence-corrected chi connectivity index (χ4v) is 3.12. The van der Waals surface area contributed by atoms with Crippen LogP contribution in [0.25, 0.3) is 22.2 Å². The topological polar surface area (TPSA) is 52.8 Å². The Bertz CT molecular complexity index is 805. The van der Waals surface area contributed by atoms with Gasteiger partial charge in [-0.05, 0) is 43.0 Å². The maximum absolute atomic E-state index is 5.45. The predicted octanol–water partition coefficient (Wildman–Crippen LogP) is 3.15. The summed E-state index contributed by atoms with van der Waals surface area (Å²) in [5.41, 5.74) is 4.45. The largest absolute Gasteiger partial charge is 0.381 e. The van der Waals surface area contributed by atoms with E-state index in [1.54, 1.807) is 0 Å². The molecular weight excluding hydrogens is 276 g/mol. The third-order valence-electron chi connectivity index (χ3n) is 4.36. The minimum absolute atomic E-state index is 0.379. The van der Waals surface area contributed by atoms with Crippen LogP contribution in [0.2, 0.25) is 0 Å². The van der Waals surface area contributed by atoms with Crippen LogP contribution >= 0.6 is 0 Å². The van der Waals surface area contributed by atoms with Gasteiger partial charge in [0.15, 0.2) is 5.65 Å². The average Bonchev–Trinajstić information content (AvgIpc) is 3.00. The number of aryl methyl sites for hydroxylation is 1. The quantitative estimate of drug-likeness (QED) is 0.728. The molecule has 0 N–H and O–H groups in total. The number of pyridine rings is 2. The van der Waals surface area contributed by atoms with E-state index in [1.165, 1.54) is 5.56 Å². The van der Waals surface area contributed by atoms with Crippen LogP contribution in [0.1, 0.15) is 24.4 Å². The zero-order valence-corrected chi connectivity index (χ0v) is 12.6. The third-order valence-corrected chi connectivity index (χ3v) is 4.36. The van der Waals surface area contributed by atoms with Gasteiger partial charge in [0.1, 0.15) is 0 Å². The Morgan fingerprint density at radius 1 is 1.09 bits per heavy atom. The Hall–Kier alpha value is -2.27. The van der Waals surface area contributed by atoms with Gasteiger partial charge in [-0.25, -0.2) is 9.67 Å². The summed E-state index contributed by atoms with van der Waals surface area (Å²) in [7, 11) is 0. The molecule has 5 heteroatoms. The van der Waals surface area contributed by atoms with Gasteiger partial charge < -0.3 is 4.74 Å². The fraction of sp³-hybridized carbons (Fsp3) is 0.353. The van der Waals surface area contributed by atoms with Crippen LogP contribution in [0.5, 0.6) is 0 Å².